The summed E-state index contributed by atoms with van der Waals surface area (Å²) in [4.78, 5) is 3.22. The minimum atomic E-state index is 0.306. The number of hydrogen-bond donors (Lipinski definition) is 2. The molecule has 1 atom stereocenters. The van der Waals surface area contributed by atoms with Crippen molar-refractivity contribution in [2.75, 3.05) is 7.05 Å². The zero-order valence-corrected chi connectivity index (χ0v) is 9.29. The molecule has 1 aromatic rings. The molecule has 0 aliphatic heterocycles. The maximum atomic E-state index is 5.60. The van der Waals surface area contributed by atoms with Gasteiger partial charge in [0.15, 0.2) is 0 Å². The van der Waals surface area contributed by atoms with Crippen LogP contribution in [0.25, 0.3) is 0 Å². The first-order chi connectivity index (χ1) is 6.65. The van der Waals surface area contributed by atoms with E-state index in [1.807, 2.05) is 18.0 Å². The zero-order chi connectivity index (χ0) is 10.6. The average molecular weight is 212 g/mol. The van der Waals surface area contributed by atoms with E-state index in [1.54, 1.807) is 11.3 Å². The number of nitrogens with zero attached hydrogens (tertiary/aromatic N) is 2. The smallest absolute Gasteiger partial charge is 0.213 e. The van der Waals surface area contributed by atoms with Gasteiger partial charge in [0.05, 0.1) is 0 Å². The Hall–Kier alpha value is -1.23. The van der Waals surface area contributed by atoms with Crippen LogP contribution in [0, 0.1) is 0 Å². The Kier molecular flexibility index (Phi) is 3.76. The van der Waals surface area contributed by atoms with Gasteiger partial charge in [0.1, 0.15) is 0 Å². The number of guanidine groups is 1. The molecule has 0 aliphatic rings. The molecule has 14 heavy (non-hydrogen) atoms. The first kappa shape index (κ1) is 10.8. The molecule has 0 aliphatic carbocycles. The Morgan fingerprint density at radius 1 is 1.71 bits per heavy atom. The van der Waals surface area contributed by atoms with Crippen LogP contribution in [0.2, 0.25) is 0 Å². The normalized spacial score (nSPS) is 14.0. The molecule has 0 fully saturated rings. The lowest BCUT2D eigenvalue weighted by atomic mass is 10.2. The third-order valence-electron chi connectivity index (χ3n) is 2.23. The lowest BCUT2D eigenvalue weighted by Crippen LogP contribution is -2.41. The van der Waals surface area contributed by atoms with Crippen LogP contribution in [0.15, 0.2) is 22.6 Å². The van der Waals surface area contributed by atoms with Gasteiger partial charge in [-0.2, -0.15) is 0 Å². The molecule has 1 aromatic heterocycles. The lowest BCUT2D eigenvalue weighted by molar-refractivity contribution is 0.384. The summed E-state index contributed by atoms with van der Waals surface area (Å²) in [5, 5.41) is 5.53. The number of hydrogen-bond acceptors (Lipinski definition) is 3. The molecule has 0 aromatic carbocycles. The molecule has 0 amide bonds. The van der Waals surface area contributed by atoms with Gasteiger partial charge in [-0.15, -0.1) is 16.4 Å². The molecular formula is C9H16N4S. The molecule has 1 rings (SSSR count). The number of hydrazone groups is 1. The quantitative estimate of drug-likeness (QED) is 0.337. The second kappa shape index (κ2) is 4.85. The van der Waals surface area contributed by atoms with Crippen molar-refractivity contribution in [1.82, 2.24) is 4.90 Å². The van der Waals surface area contributed by atoms with Crippen LogP contribution in [0.3, 0.4) is 0 Å². The third-order valence-corrected chi connectivity index (χ3v) is 3.13. The maximum absolute atomic E-state index is 5.60. The van der Waals surface area contributed by atoms with Crippen molar-refractivity contribution in [1.29, 1.82) is 0 Å². The van der Waals surface area contributed by atoms with Gasteiger partial charge < -0.3 is 16.5 Å². The lowest BCUT2D eigenvalue weighted by Gasteiger charge is -2.24. The van der Waals surface area contributed by atoms with E-state index in [9.17, 15) is 0 Å². The largest absolute Gasteiger partial charge is 0.368 e. The summed E-state index contributed by atoms with van der Waals surface area (Å²) in [6.45, 7) is 2.10. The van der Waals surface area contributed by atoms with Crippen molar-refractivity contribution in [3.63, 3.8) is 0 Å². The van der Waals surface area contributed by atoms with Crippen molar-refractivity contribution in [3.05, 3.63) is 22.4 Å². The number of nitrogens with two attached hydrogens (primary N) is 2. The first-order valence-electron chi connectivity index (χ1n) is 4.43. The van der Waals surface area contributed by atoms with E-state index in [0.29, 0.717) is 12.0 Å². The van der Waals surface area contributed by atoms with Crippen molar-refractivity contribution in [2.24, 2.45) is 16.7 Å². The van der Waals surface area contributed by atoms with Crippen LogP contribution in [0.5, 0.6) is 0 Å². The summed E-state index contributed by atoms with van der Waals surface area (Å²) >= 11 is 1.75. The molecule has 1 heterocycles. The fourth-order valence-electron chi connectivity index (χ4n) is 1.17. The summed E-state index contributed by atoms with van der Waals surface area (Å²) in [7, 11) is 1.89. The van der Waals surface area contributed by atoms with Crippen molar-refractivity contribution in [2.45, 2.75) is 19.4 Å². The zero-order valence-electron chi connectivity index (χ0n) is 8.47. The fourth-order valence-corrected chi connectivity index (χ4v) is 2.00. The predicted molar refractivity (Wildman–Crippen MR) is 61.1 cm³/mol. The highest BCUT2D eigenvalue weighted by atomic mass is 32.1. The van der Waals surface area contributed by atoms with E-state index >= 15 is 0 Å². The van der Waals surface area contributed by atoms with E-state index < -0.39 is 0 Å². The maximum Gasteiger partial charge on any atom is 0.213 e. The van der Waals surface area contributed by atoms with Gasteiger partial charge in [-0.1, -0.05) is 6.07 Å². The predicted octanol–water partition coefficient (Wildman–Crippen LogP) is 0.799. The van der Waals surface area contributed by atoms with E-state index in [-0.39, 0.29) is 0 Å². The van der Waals surface area contributed by atoms with Gasteiger partial charge in [-0.3, -0.25) is 0 Å². The Bertz CT molecular complexity index is 294. The Morgan fingerprint density at radius 2 is 2.43 bits per heavy atom. The van der Waals surface area contributed by atoms with Gasteiger partial charge in [-0.05, 0) is 18.4 Å². The van der Waals surface area contributed by atoms with E-state index in [4.69, 9.17) is 11.6 Å². The summed E-state index contributed by atoms with van der Waals surface area (Å²) in [5.41, 5.74) is 5.60. The summed E-state index contributed by atoms with van der Waals surface area (Å²) in [6.07, 6.45) is 0.963. The van der Waals surface area contributed by atoms with Gasteiger partial charge in [0.25, 0.3) is 0 Å². The second-order valence-electron chi connectivity index (χ2n) is 3.23. The summed E-state index contributed by atoms with van der Waals surface area (Å²) in [5.74, 6) is 5.48. The standard InChI is InChI=1S/C9H16N4S/c1-7(13(2)9(10)12-11)6-8-4-3-5-14-8/h3-5,7H,6,11H2,1-2H3,(H2,10,12). The molecule has 0 spiro atoms. The number of thiophene rings is 1. The molecule has 78 valence electrons. The minimum Gasteiger partial charge on any atom is -0.368 e. The third kappa shape index (κ3) is 2.63. The van der Waals surface area contributed by atoms with Crippen LogP contribution in [-0.4, -0.2) is 23.9 Å². The Morgan fingerprint density at radius 3 is 2.93 bits per heavy atom. The van der Waals surface area contributed by atoms with Gasteiger partial charge in [-0.25, -0.2) is 0 Å². The van der Waals surface area contributed by atoms with Crippen LogP contribution < -0.4 is 11.6 Å². The summed E-state index contributed by atoms with van der Waals surface area (Å²) < 4.78 is 0. The highest BCUT2D eigenvalue weighted by Gasteiger charge is 2.11. The molecular weight excluding hydrogens is 196 g/mol. The Labute approximate surface area is 88.2 Å². The highest BCUT2D eigenvalue weighted by molar-refractivity contribution is 7.09. The first-order valence-corrected chi connectivity index (χ1v) is 5.31. The van der Waals surface area contributed by atoms with Crippen LogP contribution in [-0.2, 0) is 6.42 Å². The van der Waals surface area contributed by atoms with Crippen LogP contribution in [0.4, 0.5) is 0 Å². The minimum absolute atomic E-state index is 0.306. The van der Waals surface area contributed by atoms with Gasteiger partial charge in [0.2, 0.25) is 5.96 Å². The number of likely N-dealkylation sites (N-methyl/N-ethyl adjacent to an activating group) is 1. The molecule has 0 radical (unpaired) electrons. The highest BCUT2D eigenvalue weighted by Crippen LogP contribution is 2.13. The molecule has 4 N–H and O–H groups in total. The fraction of sp³-hybridized carbons (Fsp3) is 0.444. The van der Waals surface area contributed by atoms with Gasteiger partial charge in [0, 0.05) is 24.4 Å². The Balaban J connectivity index is 2.54. The van der Waals surface area contributed by atoms with Crippen molar-refractivity contribution >= 4 is 17.3 Å². The molecule has 1 unspecified atom stereocenters. The van der Waals surface area contributed by atoms with Crippen LogP contribution in [0.1, 0.15) is 11.8 Å². The van der Waals surface area contributed by atoms with Gasteiger partial charge >= 0.3 is 0 Å². The SMILES string of the molecule is CC(Cc1cccs1)N(C)C(N)=NN. The molecule has 4 nitrogen and oxygen atoms in total. The van der Waals surface area contributed by atoms with E-state index in [2.05, 4.69) is 23.5 Å². The van der Waals surface area contributed by atoms with Crippen molar-refractivity contribution < 1.29 is 0 Å². The average Bonchev–Trinajstić information content (AvgIpc) is 2.68. The second-order valence-corrected chi connectivity index (χ2v) is 4.26. The topological polar surface area (TPSA) is 67.6 Å². The molecule has 0 bridgehead atoms. The van der Waals surface area contributed by atoms with Crippen molar-refractivity contribution in [3.8, 4) is 0 Å². The molecule has 0 saturated carbocycles. The van der Waals surface area contributed by atoms with Crippen LogP contribution >= 0.6 is 11.3 Å². The number of rotatable bonds is 3. The van der Waals surface area contributed by atoms with E-state index in [0.717, 1.165) is 6.42 Å². The van der Waals surface area contributed by atoms with E-state index in [1.165, 1.54) is 4.88 Å². The molecule has 5 heteroatoms. The molecule has 0 saturated heterocycles. The monoisotopic (exact) mass is 212 g/mol. The summed E-state index contributed by atoms with van der Waals surface area (Å²) in [6, 6.07) is 4.47.